The van der Waals surface area contributed by atoms with Crippen LogP contribution in [0.1, 0.15) is 10.4 Å². The Hall–Kier alpha value is -1.37. The minimum Gasteiger partial charge on any atom is -0.384 e. The summed E-state index contributed by atoms with van der Waals surface area (Å²) in [7, 11) is 2.03. The van der Waals surface area contributed by atoms with E-state index < -0.39 is 0 Å². The van der Waals surface area contributed by atoms with Gasteiger partial charge < -0.3 is 20.7 Å². The van der Waals surface area contributed by atoms with Gasteiger partial charge in [0, 0.05) is 25.2 Å². The molecule has 1 aliphatic rings. The minimum atomic E-state index is -0.229. The van der Waals surface area contributed by atoms with E-state index in [0.29, 0.717) is 18.7 Å². The summed E-state index contributed by atoms with van der Waals surface area (Å²) in [5, 5.41) is 3.02. The van der Waals surface area contributed by atoms with Crippen LogP contribution in [0.15, 0.2) is 12.1 Å². The Labute approximate surface area is 116 Å². The van der Waals surface area contributed by atoms with E-state index in [9.17, 15) is 4.79 Å². The first kappa shape index (κ1) is 14.0. The first-order valence-corrected chi connectivity index (χ1v) is 6.44. The van der Waals surface area contributed by atoms with Gasteiger partial charge in [0.25, 0.3) is 5.91 Å². The second kappa shape index (κ2) is 6.18. The highest BCUT2D eigenvalue weighted by atomic mass is 35.5. The number of carbonyl (C=O) groups excluding carboxylic acids is 1. The normalized spacial score (nSPS) is 20.2. The average molecular weight is 285 g/mol. The predicted octanol–water partition coefficient (Wildman–Crippen LogP) is 0.378. The lowest BCUT2D eigenvalue weighted by atomic mass is 10.2. The number of aromatic nitrogens is 1. The van der Waals surface area contributed by atoms with Crippen molar-refractivity contribution in [3.05, 3.63) is 22.8 Å². The lowest BCUT2D eigenvalue weighted by Gasteiger charge is -2.30. The molecule has 1 amide bonds. The van der Waals surface area contributed by atoms with Crippen LogP contribution in [0.4, 0.5) is 5.82 Å². The monoisotopic (exact) mass is 284 g/mol. The molecule has 0 aliphatic carbocycles. The Morgan fingerprint density at radius 2 is 2.47 bits per heavy atom. The number of hydrogen-bond donors (Lipinski definition) is 2. The molecule has 1 aliphatic heterocycles. The van der Waals surface area contributed by atoms with Gasteiger partial charge in [-0.25, -0.2) is 4.98 Å². The SMILES string of the molecule is CN1CCOC(CNC(=O)c2cc(N)nc(Cl)c2)C1. The molecule has 2 heterocycles. The van der Waals surface area contributed by atoms with Gasteiger partial charge in [-0.3, -0.25) is 4.79 Å². The summed E-state index contributed by atoms with van der Waals surface area (Å²) in [4.78, 5) is 17.9. The third kappa shape index (κ3) is 4.05. The van der Waals surface area contributed by atoms with Crippen molar-refractivity contribution in [1.82, 2.24) is 15.2 Å². The Morgan fingerprint density at radius 1 is 1.68 bits per heavy atom. The number of hydrogen-bond acceptors (Lipinski definition) is 5. The fourth-order valence-corrected chi connectivity index (χ4v) is 2.16. The summed E-state index contributed by atoms with van der Waals surface area (Å²) in [6.45, 7) is 2.87. The van der Waals surface area contributed by atoms with Crippen LogP contribution < -0.4 is 11.1 Å². The third-order valence-corrected chi connectivity index (χ3v) is 3.10. The van der Waals surface area contributed by atoms with Gasteiger partial charge in [-0.15, -0.1) is 0 Å². The summed E-state index contributed by atoms with van der Waals surface area (Å²) in [6, 6.07) is 2.98. The first-order valence-electron chi connectivity index (χ1n) is 6.06. The third-order valence-electron chi connectivity index (χ3n) is 2.91. The Balaban J connectivity index is 1.90. The molecule has 0 radical (unpaired) electrons. The molecule has 19 heavy (non-hydrogen) atoms. The van der Waals surface area contributed by atoms with Gasteiger partial charge in [0.15, 0.2) is 0 Å². The van der Waals surface area contributed by atoms with E-state index >= 15 is 0 Å². The lowest BCUT2D eigenvalue weighted by molar-refractivity contribution is -0.0175. The van der Waals surface area contributed by atoms with E-state index in [0.717, 1.165) is 13.1 Å². The molecule has 0 aromatic carbocycles. The molecule has 6 nitrogen and oxygen atoms in total. The number of amides is 1. The van der Waals surface area contributed by atoms with E-state index in [4.69, 9.17) is 22.1 Å². The van der Waals surface area contributed by atoms with Gasteiger partial charge in [0.2, 0.25) is 0 Å². The number of carbonyl (C=O) groups is 1. The van der Waals surface area contributed by atoms with Crippen molar-refractivity contribution in [2.75, 3.05) is 39.0 Å². The molecule has 1 aromatic heterocycles. The summed E-state index contributed by atoms with van der Waals surface area (Å²) in [5.41, 5.74) is 5.95. The Bertz CT molecular complexity index is 449. The number of nitrogens with two attached hydrogens (primary N) is 1. The van der Waals surface area contributed by atoms with E-state index in [-0.39, 0.29) is 23.0 Å². The highest BCUT2D eigenvalue weighted by Gasteiger charge is 2.18. The van der Waals surface area contributed by atoms with Crippen molar-refractivity contribution in [1.29, 1.82) is 0 Å². The van der Waals surface area contributed by atoms with Crippen molar-refractivity contribution in [3.63, 3.8) is 0 Å². The van der Waals surface area contributed by atoms with Crippen LogP contribution in [0.25, 0.3) is 0 Å². The summed E-state index contributed by atoms with van der Waals surface area (Å²) in [6.07, 6.45) is 0.0114. The van der Waals surface area contributed by atoms with Gasteiger partial charge in [-0.2, -0.15) is 0 Å². The number of rotatable bonds is 3. The number of anilines is 1. The van der Waals surface area contributed by atoms with E-state index in [1.165, 1.54) is 12.1 Å². The maximum absolute atomic E-state index is 12.0. The van der Waals surface area contributed by atoms with Crippen LogP contribution in [-0.4, -0.2) is 55.2 Å². The zero-order valence-electron chi connectivity index (χ0n) is 10.7. The molecule has 2 rings (SSSR count). The molecule has 1 unspecified atom stereocenters. The zero-order chi connectivity index (χ0) is 13.8. The van der Waals surface area contributed by atoms with Crippen molar-refractivity contribution < 1.29 is 9.53 Å². The molecule has 1 atom stereocenters. The van der Waals surface area contributed by atoms with E-state index in [1.54, 1.807) is 0 Å². The molecule has 1 aromatic rings. The Morgan fingerprint density at radius 3 is 3.16 bits per heavy atom. The average Bonchev–Trinajstić information content (AvgIpc) is 2.35. The van der Waals surface area contributed by atoms with Crippen LogP contribution in [0, 0.1) is 0 Å². The number of likely N-dealkylation sites (N-methyl/N-ethyl adjacent to an activating group) is 1. The van der Waals surface area contributed by atoms with Crippen molar-refractivity contribution in [3.8, 4) is 0 Å². The summed E-state index contributed by atoms with van der Waals surface area (Å²) < 4.78 is 5.56. The predicted molar refractivity (Wildman–Crippen MR) is 73.2 cm³/mol. The van der Waals surface area contributed by atoms with Gasteiger partial charge in [-0.05, 0) is 19.2 Å². The quantitative estimate of drug-likeness (QED) is 0.784. The summed E-state index contributed by atoms with van der Waals surface area (Å²) >= 11 is 5.76. The molecule has 1 fully saturated rings. The number of pyridine rings is 1. The number of morpholine rings is 1. The van der Waals surface area contributed by atoms with Gasteiger partial charge in [-0.1, -0.05) is 11.6 Å². The second-order valence-electron chi connectivity index (χ2n) is 4.57. The van der Waals surface area contributed by atoms with Crippen molar-refractivity contribution >= 4 is 23.3 Å². The fourth-order valence-electron chi connectivity index (χ4n) is 1.95. The Kier molecular flexibility index (Phi) is 4.57. The van der Waals surface area contributed by atoms with Crippen molar-refractivity contribution in [2.45, 2.75) is 6.10 Å². The molecule has 104 valence electrons. The standard InChI is InChI=1S/C12H17ClN4O2/c1-17-2-3-19-9(7-17)6-15-12(18)8-4-10(13)16-11(14)5-8/h4-5,9H,2-3,6-7H2,1H3,(H2,14,16)(H,15,18). The van der Waals surface area contributed by atoms with Crippen LogP contribution >= 0.6 is 11.6 Å². The highest BCUT2D eigenvalue weighted by molar-refractivity contribution is 6.29. The molecular weight excluding hydrogens is 268 g/mol. The van der Waals surface area contributed by atoms with E-state index in [1.807, 2.05) is 7.05 Å². The number of halogens is 1. The highest BCUT2D eigenvalue weighted by Crippen LogP contribution is 2.12. The molecule has 0 saturated carbocycles. The first-order chi connectivity index (χ1) is 9.04. The van der Waals surface area contributed by atoms with Crippen LogP contribution in [0.5, 0.6) is 0 Å². The molecule has 0 bridgehead atoms. The second-order valence-corrected chi connectivity index (χ2v) is 4.96. The molecular formula is C12H17ClN4O2. The van der Waals surface area contributed by atoms with Crippen LogP contribution in [0.2, 0.25) is 5.15 Å². The fraction of sp³-hybridized carbons (Fsp3) is 0.500. The van der Waals surface area contributed by atoms with Crippen LogP contribution in [-0.2, 0) is 4.74 Å². The van der Waals surface area contributed by atoms with Crippen molar-refractivity contribution in [2.24, 2.45) is 0 Å². The maximum atomic E-state index is 12.0. The number of nitrogen functional groups attached to an aromatic ring is 1. The lowest BCUT2D eigenvalue weighted by Crippen LogP contribution is -2.45. The van der Waals surface area contributed by atoms with Gasteiger partial charge in [0.05, 0.1) is 12.7 Å². The number of nitrogens with zero attached hydrogens (tertiary/aromatic N) is 2. The molecule has 1 saturated heterocycles. The number of ether oxygens (including phenoxy) is 1. The smallest absolute Gasteiger partial charge is 0.251 e. The largest absolute Gasteiger partial charge is 0.384 e. The number of nitrogens with one attached hydrogen (secondary N) is 1. The topological polar surface area (TPSA) is 80.5 Å². The summed E-state index contributed by atoms with van der Waals surface area (Å²) in [5.74, 6) is -0.000809. The van der Waals surface area contributed by atoms with Gasteiger partial charge in [0.1, 0.15) is 11.0 Å². The molecule has 7 heteroatoms. The van der Waals surface area contributed by atoms with Crippen LogP contribution in [0.3, 0.4) is 0 Å². The van der Waals surface area contributed by atoms with E-state index in [2.05, 4.69) is 15.2 Å². The van der Waals surface area contributed by atoms with Gasteiger partial charge >= 0.3 is 0 Å². The zero-order valence-corrected chi connectivity index (χ0v) is 11.5. The maximum Gasteiger partial charge on any atom is 0.251 e. The molecule has 3 N–H and O–H groups in total. The minimum absolute atomic E-state index is 0.0114. The molecule has 0 spiro atoms.